The van der Waals surface area contributed by atoms with Crippen molar-refractivity contribution in [1.82, 2.24) is 4.98 Å². The van der Waals surface area contributed by atoms with Gasteiger partial charge < -0.3 is 18.6 Å². The summed E-state index contributed by atoms with van der Waals surface area (Å²) >= 11 is 0. The van der Waals surface area contributed by atoms with E-state index in [1.54, 1.807) is 6.20 Å². The monoisotopic (exact) mass is 895 g/mol. The van der Waals surface area contributed by atoms with Crippen molar-refractivity contribution in [1.29, 1.82) is 0 Å². The van der Waals surface area contributed by atoms with Gasteiger partial charge in [0.15, 0.2) is 11.2 Å². The van der Waals surface area contributed by atoms with Gasteiger partial charge in [-0.3, -0.25) is 0 Å². The third-order valence-electron chi connectivity index (χ3n) is 13.9. The number of nitrogens with zero attached hydrogens (tertiary/aromatic N) is 3. The Kier molecular flexibility index (Phi) is 9.14. The minimum absolute atomic E-state index is 0.615. The largest absolute Gasteiger partial charge is 0.454 e. The van der Waals surface area contributed by atoms with Crippen molar-refractivity contribution < 1.29 is 8.83 Å². The van der Waals surface area contributed by atoms with Gasteiger partial charge in [-0.2, -0.15) is 0 Å². The predicted octanol–water partition coefficient (Wildman–Crippen LogP) is 18.6. The Balaban J connectivity index is 1.04. The van der Waals surface area contributed by atoms with Gasteiger partial charge in [-0.25, -0.2) is 4.98 Å². The summed E-state index contributed by atoms with van der Waals surface area (Å²) in [6, 6.07) is 86.6. The number of rotatable bonds is 8. The average Bonchev–Trinajstić information content (AvgIpc) is 4.02. The summed E-state index contributed by atoms with van der Waals surface area (Å²) in [5.74, 6) is 0. The highest BCUT2D eigenvalue weighted by Crippen LogP contribution is 2.51. The van der Waals surface area contributed by atoms with Gasteiger partial charge in [0.1, 0.15) is 5.58 Å². The molecular weight excluding hydrogens is 855 g/mol. The van der Waals surface area contributed by atoms with Crippen molar-refractivity contribution in [3.63, 3.8) is 0 Å². The van der Waals surface area contributed by atoms with Crippen LogP contribution < -0.4 is 9.80 Å². The fourth-order valence-corrected chi connectivity index (χ4v) is 10.7. The van der Waals surface area contributed by atoms with Gasteiger partial charge in [-0.15, -0.1) is 0 Å². The molecular formula is C65H41N3O2. The van der Waals surface area contributed by atoms with Gasteiger partial charge in [0.25, 0.3) is 0 Å². The van der Waals surface area contributed by atoms with Gasteiger partial charge in [0.2, 0.25) is 5.71 Å². The van der Waals surface area contributed by atoms with E-state index >= 15 is 0 Å². The Morgan fingerprint density at radius 3 is 1.23 bits per heavy atom. The van der Waals surface area contributed by atoms with Crippen molar-refractivity contribution in [3.8, 4) is 22.3 Å². The molecule has 0 aliphatic heterocycles. The number of benzene rings is 11. The van der Waals surface area contributed by atoms with Crippen molar-refractivity contribution in [3.05, 3.63) is 249 Å². The topological polar surface area (TPSA) is 45.7 Å². The number of anilines is 6. The van der Waals surface area contributed by atoms with Crippen LogP contribution in [0.2, 0.25) is 0 Å². The second-order valence-electron chi connectivity index (χ2n) is 17.8. The van der Waals surface area contributed by atoms with Crippen LogP contribution in [0, 0.1) is 0 Å². The summed E-state index contributed by atoms with van der Waals surface area (Å²) < 4.78 is 13.5. The van der Waals surface area contributed by atoms with E-state index in [9.17, 15) is 0 Å². The van der Waals surface area contributed by atoms with E-state index in [0.717, 1.165) is 116 Å². The SMILES string of the molecule is c1ccc(-c2ccc(N(c3cc4c5ccccc5c(N(c5ccc(-c6ccccc6)cc5)c5cccc6c5oc5ncccc56)cc4c4ccccc34)c3cccc4c3oc3ccccc34)cc2)cc1. The molecule has 70 heavy (non-hydrogen) atoms. The highest BCUT2D eigenvalue weighted by atomic mass is 16.3. The molecule has 0 bridgehead atoms. The average molecular weight is 896 g/mol. The predicted molar refractivity (Wildman–Crippen MR) is 292 cm³/mol. The van der Waals surface area contributed by atoms with Gasteiger partial charge in [0.05, 0.1) is 22.7 Å². The van der Waals surface area contributed by atoms with Crippen LogP contribution in [-0.2, 0) is 0 Å². The second-order valence-corrected chi connectivity index (χ2v) is 17.8. The molecule has 14 rings (SSSR count). The molecule has 0 spiro atoms. The van der Waals surface area contributed by atoms with Gasteiger partial charge in [-0.1, -0.05) is 176 Å². The zero-order valence-electron chi connectivity index (χ0n) is 37.8. The van der Waals surface area contributed by atoms with E-state index in [1.165, 1.54) is 11.1 Å². The standard InChI is InChI=1S/C65H41N3O2/c1-3-16-42(17-4-1)44-31-35-46(36-32-44)67(58-28-13-25-53-52-24-11-12-30-62(52)69-63(53)58)60-40-56-49-21-8-10-23-51(49)61(41-57(56)48-20-7-9-22-50(48)60)68(47-37-33-45(34-38-47)43-18-5-2-6-19-43)59-29-14-26-54-55-27-15-39-66-65(55)70-64(54)59/h1-41H. The van der Waals surface area contributed by atoms with Crippen molar-refractivity contribution in [2.24, 2.45) is 0 Å². The van der Waals surface area contributed by atoms with Crippen LogP contribution in [0.3, 0.4) is 0 Å². The number of pyridine rings is 1. The fourth-order valence-electron chi connectivity index (χ4n) is 10.7. The molecule has 0 aliphatic carbocycles. The van der Waals surface area contributed by atoms with Gasteiger partial charge in [0, 0.05) is 49.9 Å². The molecule has 0 atom stereocenters. The van der Waals surface area contributed by atoms with Crippen LogP contribution >= 0.6 is 0 Å². The van der Waals surface area contributed by atoms with Crippen LogP contribution in [0.4, 0.5) is 34.1 Å². The molecule has 0 radical (unpaired) electrons. The molecule has 0 N–H and O–H groups in total. The zero-order chi connectivity index (χ0) is 46.1. The summed E-state index contributed by atoms with van der Waals surface area (Å²) in [4.78, 5) is 9.41. The summed E-state index contributed by atoms with van der Waals surface area (Å²) in [6.07, 6.45) is 1.79. The van der Waals surface area contributed by atoms with E-state index in [2.05, 4.69) is 245 Å². The quantitative estimate of drug-likeness (QED) is 0.142. The maximum atomic E-state index is 6.82. The molecule has 11 aromatic carbocycles. The third-order valence-corrected chi connectivity index (χ3v) is 13.9. The molecule has 5 nitrogen and oxygen atoms in total. The number of fused-ring (bicyclic) bond motifs is 11. The van der Waals surface area contributed by atoms with E-state index < -0.39 is 0 Å². The van der Waals surface area contributed by atoms with E-state index in [1.807, 2.05) is 12.1 Å². The maximum Gasteiger partial charge on any atom is 0.227 e. The van der Waals surface area contributed by atoms with E-state index in [0.29, 0.717) is 5.71 Å². The Labute approximate surface area is 403 Å². The first kappa shape index (κ1) is 39.7. The smallest absolute Gasteiger partial charge is 0.227 e. The van der Waals surface area contributed by atoms with Gasteiger partial charge >= 0.3 is 0 Å². The Hall–Kier alpha value is -9.45. The lowest BCUT2D eigenvalue weighted by molar-refractivity contribution is 0.654. The first-order valence-electron chi connectivity index (χ1n) is 23.7. The van der Waals surface area contributed by atoms with E-state index in [-0.39, 0.29) is 0 Å². The Morgan fingerprint density at radius 1 is 0.271 bits per heavy atom. The summed E-state index contributed by atoms with van der Waals surface area (Å²) in [5, 5.41) is 10.9. The molecule has 0 amide bonds. The van der Waals surface area contributed by atoms with Crippen LogP contribution in [-0.4, -0.2) is 4.98 Å². The molecule has 328 valence electrons. The first-order valence-corrected chi connectivity index (χ1v) is 23.7. The lowest BCUT2D eigenvalue weighted by atomic mass is 9.93. The van der Waals surface area contributed by atoms with Crippen LogP contribution in [0.1, 0.15) is 0 Å². The lowest BCUT2D eigenvalue weighted by Gasteiger charge is -2.30. The Bertz CT molecular complexity index is 4010. The third kappa shape index (κ3) is 6.36. The van der Waals surface area contributed by atoms with E-state index in [4.69, 9.17) is 8.83 Å². The zero-order valence-corrected chi connectivity index (χ0v) is 37.8. The number of hydrogen-bond donors (Lipinski definition) is 0. The second kappa shape index (κ2) is 16.1. The minimum atomic E-state index is 0.615. The molecule has 0 saturated carbocycles. The molecule has 0 saturated heterocycles. The lowest BCUT2D eigenvalue weighted by Crippen LogP contribution is -2.12. The molecule has 3 heterocycles. The van der Waals surface area contributed by atoms with Crippen molar-refractivity contribution in [2.75, 3.05) is 9.80 Å². The number of aromatic nitrogens is 1. The summed E-state index contributed by atoms with van der Waals surface area (Å²) in [6.45, 7) is 0. The molecule has 5 heteroatoms. The molecule has 3 aromatic heterocycles. The highest BCUT2D eigenvalue weighted by molar-refractivity contribution is 6.25. The summed E-state index contributed by atoms with van der Waals surface area (Å²) in [7, 11) is 0. The molecule has 14 aromatic rings. The minimum Gasteiger partial charge on any atom is -0.454 e. The number of furan rings is 2. The van der Waals surface area contributed by atoms with Gasteiger partial charge in [-0.05, 0) is 111 Å². The molecule has 0 unspecified atom stereocenters. The van der Waals surface area contributed by atoms with Crippen LogP contribution in [0.15, 0.2) is 258 Å². The summed E-state index contributed by atoms with van der Waals surface area (Å²) in [5.41, 5.74) is 13.7. The Morgan fingerprint density at radius 2 is 0.686 bits per heavy atom. The normalized spacial score (nSPS) is 11.7. The first-order chi connectivity index (χ1) is 34.7. The molecule has 0 aliphatic rings. The fraction of sp³-hybridized carbons (Fsp3) is 0. The number of hydrogen-bond acceptors (Lipinski definition) is 5. The number of para-hydroxylation sites is 3. The van der Waals surface area contributed by atoms with Crippen LogP contribution in [0.5, 0.6) is 0 Å². The molecule has 0 fully saturated rings. The highest BCUT2D eigenvalue weighted by Gasteiger charge is 2.26. The van der Waals surface area contributed by atoms with Crippen molar-refractivity contribution >= 4 is 110 Å². The van der Waals surface area contributed by atoms with Crippen molar-refractivity contribution in [2.45, 2.75) is 0 Å². The maximum absolute atomic E-state index is 6.82. The van der Waals surface area contributed by atoms with Crippen LogP contribution in [0.25, 0.3) is 98.6 Å².